The molecule has 1 heterocycles. The number of hydrogen-bond donors (Lipinski definition) is 1. The second kappa shape index (κ2) is 4.35. The number of H-pyrrole nitrogens is 1. The smallest absolute Gasteiger partial charge is 0.199 e. The number of nitrogens with one attached hydrogen (secondary N) is 1. The van der Waals surface area contributed by atoms with E-state index in [1.165, 1.54) is 12.1 Å². The van der Waals surface area contributed by atoms with Crippen LogP contribution < -0.4 is 0 Å². The molecule has 0 amide bonds. The summed E-state index contributed by atoms with van der Waals surface area (Å²) in [5.74, 6) is 0.347. The Balaban J connectivity index is 2.66. The quantitative estimate of drug-likeness (QED) is 0.838. The van der Waals surface area contributed by atoms with Crippen LogP contribution in [0.3, 0.4) is 0 Å². The molecule has 0 bridgehead atoms. The molecule has 0 atom stereocenters. The minimum absolute atomic E-state index is 0.333. The summed E-state index contributed by atoms with van der Waals surface area (Å²) in [6.45, 7) is 1.95. The molecule has 0 radical (unpaired) electrons. The molecule has 0 aliphatic carbocycles. The van der Waals surface area contributed by atoms with E-state index in [2.05, 4.69) is 10.2 Å². The minimum Gasteiger partial charge on any atom is -0.272 e. The predicted molar refractivity (Wildman–Crippen MR) is 63.1 cm³/mol. The molecule has 0 aliphatic heterocycles. The topological polar surface area (TPSA) is 33.6 Å². The monoisotopic (exact) mass is 257 g/mol. The van der Waals surface area contributed by atoms with Crippen molar-refractivity contribution in [2.45, 2.75) is 13.3 Å². The van der Waals surface area contributed by atoms with E-state index in [1.807, 2.05) is 6.92 Å². The van der Waals surface area contributed by atoms with Crippen LogP contribution in [-0.4, -0.2) is 14.8 Å². The molecule has 84 valence electrons. The Labute approximate surface area is 102 Å². The Morgan fingerprint density at radius 1 is 1.50 bits per heavy atom. The average molecular weight is 258 g/mol. The van der Waals surface area contributed by atoms with E-state index in [4.69, 9.17) is 23.8 Å². The van der Waals surface area contributed by atoms with E-state index in [-0.39, 0.29) is 0 Å². The highest BCUT2D eigenvalue weighted by molar-refractivity contribution is 7.71. The van der Waals surface area contributed by atoms with E-state index in [9.17, 15) is 4.39 Å². The number of nitrogens with zero attached hydrogens (tertiary/aromatic N) is 2. The Hall–Kier alpha value is -1.20. The third kappa shape index (κ3) is 2.01. The van der Waals surface area contributed by atoms with Gasteiger partial charge in [0.25, 0.3) is 0 Å². The summed E-state index contributed by atoms with van der Waals surface area (Å²) < 4.78 is 15.3. The van der Waals surface area contributed by atoms with Gasteiger partial charge in [0.1, 0.15) is 11.6 Å². The van der Waals surface area contributed by atoms with E-state index in [0.29, 0.717) is 21.9 Å². The first-order chi connectivity index (χ1) is 7.61. The fourth-order valence-corrected chi connectivity index (χ4v) is 1.97. The maximum Gasteiger partial charge on any atom is 0.199 e. The van der Waals surface area contributed by atoms with Crippen molar-refractivity contribution in [3.05, 3.63) is 39.6 Å². The van der Waals surface area contributed by atoms with Crippen molar-refractivity contribution in [1.82, 2.24) is 14.8 Å². The lowest BCUT2D eigenvalue weighted by atomic mass is 10.3. The summed E-state index contributed by atoms with van der Waals surface area (Å²) in [6.07, 6.45) is 0.696. The zero-order valence-electron chi connectivity index (χ0n) is 8.50. The molecule has 0 fully saturated rings. The van der Waals surface area contributed by atoms with Crippen molar-refractivity contribution in [3.8, 4) is 5.69 Å². The zero-order valence-corrected chi connectivity index (χ0v) is 10.1. The van der Waals surface area contributed by atoms with Crippen molar-refractivity contribution >= 4 is 23.8 Å². The van der Waals surface area contributed by atoms with Crippen LogP contribution in [-0.2, 0) is 6.42 Å². The Kier molecular flexibility index (Phi) is 3.07. The summed E-state index contributed by atoms with van der Waals surface area (Å²) in [5, 5.41) is 7.06. The fraction of sp³-hybridized carbons (Fsp3) is 0.200. The van der Waals surface area contributed by atoms with Crippen LogP contribution in [0.25, 0.3) is 5.69 Å². The van der Waals surface area contributed by atoms with Crippen molar-refractivity contribution in [2.24, 2.45) is 0 Å². The van der Waals surface area contributed by atoms with Crippen LogP contribution in [0.5, 0.6) is 0 Å². The molecule has 0 spiro atoms. The molecule has 1 aromatic carbocycles. The van der Waals surface area contributed by atoms with E-state index in [1.54, 1.807) is 10.6 Å². The second-order valence-corrected chi connectivity index (χ2v) is 4.08. The van der Waals surface area contributed by atoms with E-state index in [0.717, 1.165) is 5.82 Å². The molecule has 1 N–H and O–H groups in total. The van der Waals surface area contributed by atoms with Crippen LogP contribution in [0.4, 0.5) is 4.39 Å². The number of benzene rings is 1. The molecule has 0 saturated heterocycles. The molecule has 2 aromatic rings. The number of halogens is 2. The molecular formula is C10H9ClFN3S. The number of rotatable bonds is 2. The first-order valence-electron chi connectivity index (χ1n) is 4.74. The molecule has 1 aromatic heterocycles. The van der Waals surface area contributed by atoms with Crippen molar-refractivity contribution in [3.63, 3.8) is 0 Å². The van der Waals surface area contributed by atoms with E-state index < -0.39 is 5.82 Å². The van der Waals surface area contributed by atoms with Gasteiger partial charge in [0.05, 0.1) is 5.69 Å². The summed E-state index contributed by atoms with van der Waals surface area (Å²) in [4.78, 5) is 0. The molecule has 2 rings (SSSR count). The van der Waals surface area contributed by atoms with Gasteiger partial charge in [0.2, 0.25) is 0 Å². The van der Waals surface area contributed by atoms with Gasteiger partial charge in [0.15, 0.2) is 4.77 Å². The highest BCUT2D eigenvalue weighted by Gasteiger charge is 2.08. The van der Waals surface area contributed by atoms with Gasteiger partial charge in [-0.15, -0.1) is 0 Å². The van der Waals surface area contributed by atoms with Gasteiger partial charge in [0, 0.05) is 11.4 Å². The lowest BCUT2D eigenvalue weighted by molar-refractivity contribution is 0.626. The molecule has 0 unspecified atom stereocenters. The normalized spacial score (nSPS) is 10.7. The standard InChI is InChI=1S/C10H9ClFN3S/c1-2-9-13-14-10(16)15(9)8-4-6(11)3-7(12)5-8/h3-5H,2H2,1H3,(H,14,16). The van der Waals surface area contributed by atoms with E-state index >= 15 is 0 Å². The van der Waals surface area contributed by atoms with Gasteiger partial charge in [-0.25, -0.2) is 4.39 Å². The summed E-state index contributed by atoms with van der Waals surface area (Å²) in [7, 11) is 0. The molecular weight excluding hydrogens is 249 g/mol. The first kappa shape index (κ1) is 11.3. The predicted octanol–water partition coefficient (Wildman–Crippen LogP) is 3.28. The highest BCUT2D eigenvalue weighted by Crippen LogP contribution is 2.19. The Morgan fingerprint density at radius 2 is 2.25 bits per heavy atom. The summed E-state index contributed by atoms with van der Waals surface area (Å²) >= 11 is 10.9. The average Bonchev–Trinajstić information content (AvgIpc) is 2.58. The Morgan fingerprint density at radius 3 is 2.88 bits per heavy atom. The molecule has 0 saturated carbocycles. The minimum atomic E-state index is -0.396. The number of hydrogen-bond acceptors (Lipinski definition) is 2. The molecule has 6 heteroatoms. The van der Waals surface area contributed by atoms with Gasteiger partial charge in [-0.1, -0.05) is 18.5 Å². The molecule has 0 aliphatic rings. The van der Waals surface area contributed by atoms with Crippen LogP contribution >= 0.6 is 23.8 Å². The first-order valence-corrected chi connectivity index (χ1v) is 5.53. The number of aromatic nitrogens is 3. The third-order valence-corrected chi connectivity index (χ3v) is 2.66. The number of aryl methyl sites for hydroxylation is 1. The van der Waals surface area contributed by atoms with Crippen LogP contribution in [0.1, 0.15) is 12.7 Å². The fourth-order valence-electron chi connectivity index (χ4n) is 1.50. The van der Waals surface area contributed by atoms with Gasteiger partial charge in [-0.05, 0) is 30.4 Å². The lowest BCUT2D eigenvalue weighted by Crippen LogP contribution is -2.00. The highest BCUT2D eigenvalue weighted by atomic mass is 35.5. The number of aromatic amines is 1. The van der Waals surface area contributed by atoms with Crippen LogP contribution in [0.15, 0.2) is 18.2 Å². The van der Waals surface area contributed by atoms with Crippen molar-refractivity contribution < 1.29 is 4.39 Å². The zero-order chi connectivity index (χ0) is 11.7. The largest absolute Gasteiger partial charge is 0.272 e. The maximum atomic E-state index is 13.2. The summed E-state index contributed by atoms with van der Waals surface area (Å²) in [6, 6.07) is 4.27. The maximum absolute atomic E-state index is 13.2. The van der Waals surface area contributed by atoms with Gasteiger partial charge in [-0.3, -0.25) is 9.67 Å². The summed E-state index contributed by atoms with van der Waals surface area (Å²) in [5.41, 5.74) is 0.584. The lowest BCUT2D eigenvalue weighted by Gasteiger charge is -2.05. The van der Waals surface area contributed by atoms with Gasteiger partial charge < -0.3 is 0 Å². The molecule has 3 nitrogen and oxygen atoms in total. The van der Waals surface area contributed by atoms with Crippen molar-refractivity contribution in [2.75, 3.05) is 0 Å². The third-order valence-electron chi connectivity index (χ3n) is 2.16. The second-order valence-electron chi connectivity index (χ2n) is 3.26. The molecule has 16 heavy (non-hydrogen) atoms. The van der Waals surface area contributed by atoms with Gasteiger partial charge in [-0.2, -0.15) is 5.10 Å². The van der Waals surface area contributed by atoms with Gasteiger partial charge >= 0.3 is 0 Å². The van der Waals surface area contributed by atoms with Crippen LogP contribution in [0.2, 0.25) is 5.02 Å². The van der Waals surface area contributed by atoms with Crippen molar-refractivity contribution in [1.29, 1.82) is 0 Å². The SMILES string of the molecule is CCc1n[nH]c(=S)n1-c1cc(F)cc(Cl)c1. The van der Waals surface area contributed by atoms with Crippen LogP contribution in [0, 0.1) is 10.6 Å². The Bertz CT molecular complexity index is 555.